The van der Waals surface area contributed by atoms with Crippen molar-refractivity contribution in [2.75, 3.05) is 41.4 Å². The second kappa shape index (κ2) is 11.7. The average Bonchev–Trinajstić information content (AvgIpc) is 2.81. The molecule has 1 aromatic heterocycles. The van der Waals surface area contributed by atoms with Crippen LogP contribution in [0.1, 0.15) is 17.5 Å². The van der Waals surface area contributed by atoms with Crippen LogP contribution in [0.3, 0.4) is 0 Å². The lowest BCUT2D eigenvalue weighted by molar-refractivity contribution is 0.383. The van der Waals surface area contributed by atoms with Crippen molar-refractivity contribution in [1.82, 2.24) is 20.1 Å². The summed E-state index contributed by atoms with van der Waals surface area (Å²) in [5, 5.41) is 4.88. The van der Waals surface area contributed by atoms with E-state index in [4.69, 9.17) is 21.7 Å². The average molecular weight is 469 g/mol. The van der Waals surface area contributed by atoms with Gasteiger partial charge in [0, 0.05) is 29.6 Å². The second-order valence-corrected chi connectivity index (χ2v) is 8.56. The number of aromatic amines is 1. The summed E-state index contributed by atoms with van der Waals surface area (Å²) in [6, 6.07) is 15.4. The van der Waals surface area contributed by atoms with Crippen LogP contribution in [0.5, 0.6) is 11.5 Å². The molecule has 2 N–H and O–H groups in total. The molecule has 0 amide bonds. The number of benzene rings is 2. The number of nitrogens with one attached hydrogen (secondary N) is 2. The summed E-state index contributed by atoms with van der Waals surface area (Å²) in [5.41, 5.74) is 2.37. The van der Waals surface area contributed by atoms with Crippen LogP contribution in [0.15, 0.2) is 53.3 Å². The van der Waals surface area contributed by atoms with Gasteiger partial charge in [0.25, 0.3) is 5.56 Å². The number of hydrogen-bond acceptors (Lipinski definition) is 5. The minimum absolute atomic E-state index is 0.122. The fourth-order valence-electron chi connectivity index (χ4n) is 3.53. The third-order valence-corrected chi connectivity index (χ3v) is 5.77. The summed E-state index contributed by atoms with van der Waals surface area (Å²) in [6.07, 6.45) is 0.972. The highest BCUT2D eigenvalue weighted by Gasteiger charge is 2.14. The molecule has 0 radical (unpaired) electrons. The number of rotatable bonds is 10. The summed E-state index contributed by atoms with van der Waals surface area (Å²) in [4.78, 5) is 20.0. The molecule has 0 aliphatic rings. The molecule has 0 atom stereocenters. The molecule has 0 saturated heterocycles. The Morgan fingerprint density at radius 2 is 1.70 bits per heavy atom. The second-order valence-electron chi connectivity index (χ2n) is 8.17. The molecule has 7 nitrogen and oxygen atoms in total. The lowest BCUT2D eigenvalue weighted by atomic mass is 10.1. The van der Waals surface area contributed by atoms with E-state index < -0.39 is 0 Å². The molecule has 0 unspecified atom stereocenters. The van der Waals surface area contributed by atoms with E-state index in [0.29, 0.717) is 23.8 Å². The molecule has 33 heavy (non-hydrogen) atoms. The van der Waals surface area contributed by atoms with Gasteiger partial charge in [0.1, 0.15) is 11.5 Å². The van der Waals surface area contributed by atoms with Crippen molar-refractivity contribution in [3.8, 4) is 11.5 Å². The molecule has 3 aromatic rings. The lowest BCUT2D eigenvalue weighted by Crippen LogP contribution is -2.40. The zero-order valence-electron chi connectivity index (χ0n) is 19.7. The zero-order chi connectivity index (χ0) is 23.8. The van der Waals surface area contributed by atoms with Gasteiger partial charge in [-0.15, -0.1) is 0 Å². The van der Waals surface area contributed by atoms with Crippen molar-refractivity contribution in [3.05, 3.63) is 70.0 Å². The van der Waals surface area contributed by atoms with Crippen molar-refractivity contribution >= 4 is 28.2 Å². The Balaban J connectivity index is 1.83. The quantitative estimate of drug-likeness (QED) is 0.349. The van der Waals surface area contributed by atoms with Crippen LogP contribution in [0.2, 0.25) is 0 Å². The number of thiocarbonyl (C=S) groups is 1. The highest BCUT2D eigenvalue weighted by molar-refractivity contribution is 7.80. The number of fused-ring (bicyclic) bond motifs is 1. The zero-order valence-corrected chi connectivity index (χ0v) is 20.5. The molecule has 3 rings (SSSR count). The first-order valence-corrected chi connectivity index (χ1v) is 11.3. The topological polar surface area (TPSA) is 69.8 Å². The van der Waals surface area contributed by atoms with Crippen LogP contribution < -0.4 is 20.3 Å². The van der Waals surface area contributed by atoms with Gasteiger partial charge in [-0.3, -0.25) is 4.79 Å². The van der Waals surface area contributed by atoms with Crippen LogP contribution in [0, 0.1) is 0 Å². The molecular formula is C25H32N4O3S. The number of aromatic nitrogens is 1. The van der Waals surface area contributed by atoms with Gasteiger partial charge in [-0.25, -0.2) is 0 Å². The first kappa shape index (κ1) is 24.5. The maximum absolute atomic E-state index is 12.8. The third kappa shape index (κ3) is 6.94. The van der Waals surface area contributed by atoms with E-state index >= 15 is 0 Å². The molecule has 176 valence electrons. The summed E-state index contributed by atoms with van der Waals surface area (Å²) in [6.45, 7) is 2.69. The molecule has 1 heterocycles. The summed E-state index contributed by atoms with van der Waals surface area (Å²) >= 11 is 5.72. The number of nitrogens with zero attached hydrogens (tertiary/aromatic N) is 2. The minimum atomic E-state index is -0.122. The number of methoxy groups -OCH3 is 2. The van der Waals surface area contributed by atoms with Crippen molar-refractivity contribution < 1.29 is 9.47 Å². The monoisotopic (exact) mass is 468 g/mol. The molecule has 8 heteroatoms. The van der Waals surface area contributed by atoms with Gasteiger partial charge in [-0.2, -0.15) is 0 Å². The van der Waals surface area contributed by atoms with Crippen LogP contribution in [0.25, 0.3) is 10.9 Å². The lowest BCUT2D eigenvalue weighted by Gasteiger charge is -2.26. The standard InChI is InChI=1S/C25H32N4O3S/c1-28(2)13-5-12-26-25(33)29(16-18-6-8-21(31-3)9-7-18)17-20-14-19-15-22(32-4)10-11-23(19)27-24(20)30/h6-11,14-15H,5,12-13,16-17H2,1-4H3,(H,26,33)(H,27,30). The SMILES string of the molecule is COc1ccc(CN(Cc2cc3cc(OC)ccc3[nH]c2=O)C(=S)NCCCN(C)C)cc1. The Hall–Kier alpha value is -3.10. The van der Waals surface area contributed by atoms with Crippen LogP contribution in [-0.4, -0.2) is 61.3 Å². The van der Waals surface area contributed by atoms with Gasteiger partial charge in [0.05, 0.1) is 20.8 Å². The Kier molecular flexibility index (Phi) is 8.68. The van der Waals surface area contributed by atoms with Gasteiger partial charge in [0.2, 0.25) is 0 Å². The van der Waals surface area contributed by atoms with E-state index in [1.165, 1.54) is 0 Å². The normalized spacial score (nSPS) is 10.9. The molecule has 0 saturated carbocycles. The van der Waals surface area contributed by atoms with Gasteiger partial charge < -0.3 is 29.6 Å². The van der Waals surface area contributed by atoms with Crippen LogP contribution in [0.4, 0.5) is 0 Å². The smallest absolute Gasteiger partial charge is 0.253 e. The predicted molar refractivity (Wildman–Crippen MR) is 137 cm³/mol. The number of H-pyrrole nitrogens is 1. The number of hydrogen-bond donors (Lipinski definition) is 2. The molecule has 0 bridgehead atoms. The van der Waals surface area contributed by atoms with Crippen LogP contribution in [-0.2, 0) is 13.1 Å². The van der Waals surface area contributed by atoms with Crippen molar-refractivity contribution in [3.63, 3.8) is 0 Å². The summed E-state index contributed by atoms with van der Waals surface area (Å²) in [5.74, 6) is 1.54. The van der Waals surface area contributed by atoms with E-state index in [0.717, 1.165) is 47.5 Å². The third-order valence-electron chi connectivity index (χ3n) is 5.37. The summed E-state index contributed by atoms with van der Waals surface area (Å²) in [7, 11) is 7.38. The van der Waals surface area contributed by atoms with Gasteiger partial charge >= 0.3 is 0 Å². The first-order chi connectivity index (χ1) is 15.9. The fraction of sp³-hybridized carbons (Fsp3) is 0.360. The number of pyridine rings is 1. The van der Waals surface area contributed by atoms with Crippen molar-refractivity contribution in [2.45, 2.75) is 19.5 Å². The van der Waals surface area contributed by atoms with E-state index in [1.54, 1.807) is 14.2 Å². The maximum atomic E-state index is 12.8. The van der Waals surface area contributed by atoms with Crippen molar-refractivity contribution in [2.24, 2.45) is 0 Å². The minimum Gasteiger partial charge on any atom is -0.497 e. The van der Waals surface area contributed by atoms with Gasteiger partial charge in [-0.1, -0.05) is 12.1 Å². The molecule has 2 aromatic carbocycles. The Morgan fingerprint density at radius 1 is 1.00 bits per heavy atom. The highest BCUT2D eigenvalue weighted by atomic mass is 32.1. The largest absolute Gasteiger partial charge is 0.497 e. The van der Waals surface area contributed by atoms with Gasteiger partial charge in [0.15, 0.2) is 5.11 Å². The number of ether oxygens (including phenoxy) is 2. The van der Waals surface area contributed by atoms with Crippen molar-refractivity contribution in [1.29, 1.82) is 0 Å². The molecule has 0 aliphatic heterocycles. The van der Waals surface area contributed by atoms with Crippen LogP contribution >= 0.6 is 12.2 Å². The summed E-state index contributed by atoms with van der Waals surface area (Å²) < 4.78 is 10.6. The molecule has 0 aliphatic carbocycles. The Bertz CT molecular complexity index is 1130. The highest BCUT2D eigenvalue weighted by Crippen LogP contribution is 2.20. The Morgan fingerprint density at radius 3 is 2.36 bits per heavy atom. The molecule has 0 fully saturated rings. The Labute approximate surface area is 200 Å². The van der Waals surface area contributed by atoms with Gasteiger partial charge in [-0.05, 0) is 81.2 Å². The molecule has 0 spiro atoms. The fourth-order valence-corrected chi connectivity index (χ4v) is 3.76. The van der Waals surface area contributed by atoms with E-state index in [-0.39, 0.29) is 5.56 Å². The molecular weight excluding hydrogens is 436 g/mol. The first-order valence-electron chi connectivity index (χ1n) is 10.9. The van der Waals surface area contributed by atoms with E-state index in [9.17, 15) is 4.79 Å². The van der Waals surface area contributed by atoms with E-state index in [1.807, 2.05) is 53.4 Å². The predicted octanol–water partition coefficient (Wildman–Crippen LogP) is 3.37. The van der Waals surface area contributed by atoms with E-state index in [2.05, 4.69) is 29.3 Å². The maximum Gasteiger partial charge on any atom is 0.253 e.